The molecule has 1 saturated heterocycles. The van der Waals surface area contributed by atoms with Gasteiger partial charge >= 0.3 is 0 Å². The second kappa shape index (κ2) is 5.41. The van der Waals surface area contributed by atoms with Crippen LogP contribution in [0.1, 0.15) is 50.3 Å². The smallest absolute Gasteiger partial charge is 0.0476 e. The van der Waals surface area contributed by atoms with Gasteiger partial charge in [0.25, 0.3) is 0 Å². The highest BCUT2D eigenvalue weighted by Gasteiger charge is 2.34. The molecule has 18 heavy (non-hydrogen) atoms. The van der Waals surface area contributed by atoms with Crippen molar-refractivity contribution in [3.8, 4) is 0 Å². The SMILES string of the molecule is Cc1cccc(C(N)C(C)(C)N2CCCCC2)c1. The fourth-order valence-corrected chi connectivity index (χ4v) is 2.94. The lowest BCUT2D eigenvalue weighted by molar-refractivity contribution is 0.0730. The number of rotatable bonds is 3. The molecule has 0 spiro atoms. The van der Waals surface area contributed by atoms with E-state index in [2.05, 4.69) is 49.9 Å². The molecule has 2 rings (SSSR count). The van der Waals surface area contributed by atoms with Crippen LogP contribution in [-0.2, 0) is 0 Å². The van der Waals surface area contributed by atoms with Gasteiger partial charge < -0.3 is 5.73 Å². The molecular weight excluding hydrogens is 220 g/mol. The Hall–Kier alpha value is -0.860. The van der Waals surface area contributed by atoms with E-state index in [0.29, 0.717) is 0 Å². The number of aryl methyl sites for hydroxylation is 1. The maximum Gasteiger partial charge on any atom is 0.0476 e. The third-order valence-corrected chi connectivity index (χ3v) is 4.33. The van der Waals surface area contributed by atoms with Crippen LogP contribution < -0.4 is 5.73 Å². The topological polar surface area (TPSA) is 29.3 Å². The zero-order chi connectivity index (χ0) is 13.2. The molecule has 2 heteroatoms. The van der Waals surface area contributed by atoms with Crippen LogP contribution in [0.15, 0.2) is 24.3 Å². The van der Waals surface area contributed by atoms with Crippen molar-refractivity contribution in [1.82, 2.24) is 4.90 Å². The molecule has 0 amide bonds. The summed E-state index contributed by atoms with van der Waals surface area (Å²) >= 11 is 0. The predicted molar refractivity (Wildman–Crippen MR) is 77.6 cm³/mol. The molecule has 1 fully saturated rings. The quantitative estimate of drug-likeness (QED) is 0.887. The average Bonchev–Trinajstić information content (AvgIpc) is 2.39. The first kappa shape index (κ1) is 13.6. The highest BCUT2D eigenvalue weighted by Crippen LogP contribution is 2.31. The number of hydrogen-bond donors (Lipinski definition) is 1. The number of likely N-dealkylation sites (tertiary alicyclic amines) is 1. The van der Waals surface area contributed by atoms with Crippen molar-refractivity contribution in [3.63, 3.8) is 0 Å². The second-order valence-electron chi connectivity index (χ2n) is 6.09. The normalized spacial score (nSPS) is 19.8. The Kier molecular flexibility index (Phi) is 4.08. The molecule has 1 aliphatic rings. The maximum absolute atomic E-state index is 6.53. The summed E-state index contributed by atoms with van der Waals surface area (Å²) in [5.41, 5.74) is 9.11. The van der Waals surface area contributed by atoms with E-state index in [1.54, 1.807) is 0 Å². The van der Waals surface area contributed by atoms with Crippen molar-refractivity contribution in [2.75, 3.05) is 13.1 Å². The van der Waals surface area contributed by atoms with Gasteiger partial charge in [0.05, 0.1) is 0 Å². The Bertz CT molecular complexity index is 392. The van der Waals surface area contributed by atoms with Crippen LogP contribution in [0.2, 0.25) is 0 Å². The van der Waals surface area contributed by atoms with Crippen LogP contribution in [0.4, 0.5) is 0 Å². The molecule has 0 aromatic heterocycles. The lowest BCUT2D eigenvalue weighted by atomic mass is 9.86. The molecule has 1 atom stereocenters. The van der Waals surface area contributed by atoms with Gasteiger partial charge in [0, 0.05) is 11.6 Å². The minimum atomic E-state index is 0.0359. The number of benzene rings is 1. The lowest BCUT2D eigenvalue weighted by Crippen LogP contribution is -2.53. The van der Waals surface area contributed by atoms with E-state index in [1.807, 2.05) is 0 Å². The van der Waals surface area contributed by atoms with Crippen molar-refractivity contribution in [1.29, 1.82) is 0 Å². The van der Waals surface area contributed by atoms with Crippen LogP contribution in [-0.4, -0.2) is 23.5 Å². The largest absolute Gasteiger partial charge is 0.322 e. The summed E-state index contributed by atoms with van der Waals surface area (Å²) in [5.74, 6) is 0. The van der Waals surface area contributed by atoms with E-state index >= 15 is 0 Å². The second-order valence-corrected chi connectivity index (χ2v) is 6.09. The summed E-state index contributed by atoms with van der Waals surface area (Å²) in [5, 5.41) is 0. The third kappa shape index (κ3) is 2.76. The van der Waals surface area contributed by atoms with Gasteiger partial charge in [-0.15, -0.1) is 0 Å². The van der Waals surface area contributed by atoms with Gasteiger partial charge in [-0.1, -0.05) is 36.2 Å². The Morgan fingerprint density at radius 3 is 2.44 bits per heavy atom. The Morgan fingerprint density at radius 1 is 1.17 bits per heavy atom. The van der Waals surface area contributed by atoms with E-state index in [0.717, 1.165) is 0 Å². The molecule has 0 radical (unpaired) electrons. The summed E-state index contributed by atoms with van der Waals surface area (Å²) in [4.78, 5) is 2.56. The number of nitrogens with two attached hydrogens (primary N) is 1. The summed E-state index contributed by atoms with van der Waals surface area (Å²) in [6, 6.07) is 8.69. The first-order valence-electron chi connectivity index (χ1n) is 7.09. The van der Waals surface area contributed by atoms with Crippen molar-refractivity contribution in [3.05, 3.63) is 35.4 Å². The van der Waals surface area contributed by atoms with Crippen molar-refractivity contribution in [2.24, 2.45) is 5.73 Å². The molecule has 1 heterocycles. The summed E-state index contributed by atoms with van der Waals surface area (Å²) in [6.07, 6.45) is 3.99. The molecule has 2 nitrogen and oxygen atoms in total. The highest BCUT2D eigenvalue weighted by atomic mass is 15.2. The molecule has 100 valence electrons. The van der Waals surface area contributed by atoms with Crippen LogP contribution in [0.25, 0.3) is 0 Å². The highest BCUT2D eigenvalue weighted by molar-refractivity contribution is 5.27. The van der Waals surface area contributed by atoms with Crippen LogP contribution in [0.5, 0.6) is 0 Å². The standard InChI is InChI=1S/C16H26N2/c1-13-8-7-9-14(12-13)15(17)16(2,3)18-10-5-4-6-11-18/h7-9,12,15H,4-6,10-11,17H2,1-3H3. The van der Waals surface area contributed by atoms with Crippen LogP contribution in [0, 0.1) is 6.92 Å². The number of piperidine rings is 1. The molecule has 1 aromatic carbocycles. The molecule has 1 aliphatic heterocycles. The molecule has 0 bridgehead atoms. The minimum absolute atomic E-state index is 0.0359. The molecular formula is C16H26N2. The van der Waals surface area contributed by atoms with Crippen LogP contribution in [0.3, 0.4) is 0 Å². The van der Waals surface area contributed by atoms with Gasteiger partial charge in [-0.25, -0.2) is 0 Å². The van der Waals surface area contributed by atoms with Gasteiger partial charge in [-0.2, -0.15) is 0 Å². The zero-order valence-electron chi connectivity index (χ0n) is 11.9. The van der Waals surface area contributed by atoms with E-state index < -0.39 is 0 Å². The maximum atomic E-state index is 6.53. The number of nitrogens with zero attached hydrogens (tertiary/aromatic N) is 1. The van der Waals surface area contributed by atoms with Gasteiger partial charge in [0.1, 0.15) is 0 Å². The first-order chi connectivity index (χ1) is 8.51. The molecule has 0 aliphatic carbocycles. The van der Waals surface area contributed by atoms with Gasteiger partial charge in [0.15, 0.2) is 0 Å². The average molecular weight is 246 g/mol. The lowest BCUT2D eigenvalue weighted by Gasteiger charge is -2.44. The Labute approximate surface area is 111 Å². The summed E-state index contributed by atoms with van der Waals surface area (Å²) < 4.78 is 0. The Balaban J connectivity index is 2.17. The van der Waals surface area contributed by atoms with E-state index in [-0.39, 0.29) is 11.6 Å². The summed E-state index contributed by atoms with van der Waals surface area (Å²) in [6.45, 7) is 9.07. The van der Waals surface area contributed by atoms with Crippen molar-refractivity contribution >= 4 is 0 Å². The zero-order valence-corrected chi connectivity index (χ0v) is 11.9. The monoisotopic (exact) mass is 246 g/mol. The van der Waals surface area contributed by atoms with Crippen molar-refractivity contribution < 1.29 is 0 Å². The molecule has 2 N–H and O–H groups in total. The first-order valence-corrected chi connectivity index (χ1v) is 7.09. The van der Waals surface area contributed by atoms with E-state index in [9.17, 15) is 0 Å². The van der Waals surface area contributed by atoms with Crippen molar-refractivity contribution in [2.45, 2.75) is 51.6 Å². The fraction of sp³-hybridized carbons (Fsp3) is 0.625. The van der Waals surface area contributed by atoms with Crippen LogP contribution >= 0.6 is 0 Å². The third-order valence-electron chi connectivity index (χ3n) is 4.33. The molecule has 1 unspecified atom stereocenters. The van der Waals surface area contributed by atoms with E-state index in [1.165, 1.54) is 43.5 Å². The van der Waals surface area contributed by atoms with Gasteiger partial charge in [0.2, 0.25) is 0 Å². The predicted octanol–water partition coefficient (Wildman–Crippen LogP) is 3.26. The minimum Gasteiger partial charge on any atom is -0.322 e. The van der Waals surface area contributed by atoms with Gasteiger partial charge in [-0.3, -0.25) is 4.90 Å². The number of hydrogen-bond acceptors (Lipinski definition) is 2. The van der Waals surface area contributed by atoms with E-state index in [4.69, 9.17) is 5.73 Å². The summed E-state index contributed by atoms with van der Waals surface area (Å²) in [7, 11) is 0. The molecule has 1 aromatic rings. The molecule has 0 saturated carbocycles. The fourth-order valence-electron chi connectivity index (χ4n) is 2.94. The Morgan fingerprint density at radius 2 is 1.83 bits per heavy atom. The van der Waals surface area contributed by atoms with Gasteiger partial charge in [-0.05, 0) is 52.3 Å².